The van der Waals surface area contributed by atoms with Gasteiger partial charge in [0.15, 0.2) is 0 Å². The van der Waals surface area contributed by atoms with Crippen LogP contribution in [0.4, 0.5) is 5.69 Å². The predicted octanol–water partition coefficient (Wildman–Crippen LogP) is 3.07. The molecule has 0 saturated carbocycles. The van der Waals surface area contributed by atoms with Crippen molar-refractivity contribution < 1.29 is 0 Å². The molecule has 0 heterocycles. The number of rotatable bonds is 2. The number of thiol groups is 1. The van der Waals surface area contributed by atoms with Crippen molar-refractivity contribution in [1.82, 2.24) is 0 Å². The first-order valence-corrected chi connectivity index (χ1v) is 4.19. The van der Waals surface area contributed by atoms with E-state index in [2.05, 4.69) is 37.5 Å². The lowest BCUT2D eigenvalue weighted by atomic mass is 10.0. The van der Waals surface area contributed by atoms with Gasteiger partial charge in [0.1, 0.15) is 0 Å². The van der Waals surface area contributed by atoms with Gasteiger partial charge < -0.3 is 4.72 Å². The summed E-state index contributed by atoms with van der Waals surface area (Å²) >= 11 is 4.02. The molecule has 0 saturated heterocycles. The molecule has 0 unspecified atom stereocenters. The Morgan fingerprint density at radius 2 is 1.91 bits per heavy atom. The second-order valence-electron chi connectivity index (χ2n) is 2.85. The molecule has 0 aliphatic heterocycles. The Kier molecular flexibility index (Phi) is 2.83. The second-order valence-corrected chi connectivity index (χ2v) is 3.08. The van der Waals surface area contributed by atoms with Crippen LogP contribution >= 0.6 is 12.8 Å². The van der Waals surface area contributed by atoms with Crippen LogP contribution < -0.4 is 4.72 Å². The summed E-state index contributed by atoms with van der Waals surface area (Å²) in [7, 11) is 0. The Morgan fingerprint density at radius 3 is 2.36 bits per heavy atom. The first-order valence-electron chi connectivity index (χ1n) is 3.74. The molecule has 1 aromatic rings. The fraction of sp³-hybridized carbons (Fsp3) is 0.333. The van der Waals surface area contributed by atoms with Crippen LogP contribution in [0.25, 0.3) is 0 Å². The molecular weight excluding hydrogens is 154 g/mol. The van der Waals surface area contributed by atoms with Crippen molar-refractivity contribution >= 4 is 18.5 Å². The van der Waals surface area contributed by atoms with E-state index in [1.165, 1.54) is 5.56 Å². The Bertz CT molecular complexity index is 233. The van der Waals surface area contributed by atoms with Gasteiger partial charge in [0.05, 0.1) is 0 Å². The van der Waals surface area contributed by atoms with Crippen LogP contribution in [0, 0.1) is 0 Å². The van der Waals surface area contributed by atoms with E-state index in [1.54, 1.807) is 0 Å². The minimum absolute atomic E-state index is 0.547. The summed E-state index contributed by atoms with van der Waals surface area (Å²) in [6.07, 6.45) is 0. The largest absolute Gasteiger partial charge is 0.332 e. The molecule has 1 N–H and O–H groups in total. The number of hydrogen-bond donors (Lipinski definition) is 2. The number of benzene rings is 1. The summed E-state index contributed by atoms with van der Waals surface area (Å²) in [6.45, 7) is 4.34. The minimum atomic E-state index is 0.547. The van der Waals surface area contributed by atoms with Gasteiger partial charge in [-0.2, -0.15) is 0 Å². The lowest BCUT2D eigenvalue weighted by Gasteiger charge is -2.10. The van der Waals surface area contributed by atoms with Gasteiger partial charge in [-0.3, -0.25) is 0 Å². The Hall–Kier alpha value is -0.630. The predicted molar refractivity (Wildman–Crippen MR) is 53.1 cm³/mol. The number of para-hydroxylation sites is 1. The van der Waals surface area contributed by atoms with E-state index in [0.717, 1.165) is 5.69 Å². The van der Waals surface area contributed by atoms with E-state index in [1.807, 2.05) is 18.2 Å². The number of anilines is 1. The quantitative estimate of drug-likeness (QED) is 0.645. The third-order valence-electron chi connectivity index (χ3n) is 1.70. The van der Waals surface area contributed by atoms with Gasteiger partial charge >= 0.3 is 0 Å². The Balaban J connectivity index is 3.02. The fourth-order valence-electron chi connectivity index (χ4n) is 1.10. The average Bonchev–Trinajstić information content (AvgIpc) is 2.04. The Labute approximate surface area is 73.4 Å². The molecule has 1 aromatic carbocycles. The summed E-state index contributed by atoms with van der Waals surface area (Å²) in [5.41, 5.74) is 2.41. The first kappa shape index (κ1) is 8.47. The van der Waals surface area contributed by atoms with Crippen LogP contribution in [0.3, 0.4) is 0 Å². The highest BCUT2D eigenvalue weighted by Gasteiger charge is 2.02. The van der Waals surface area contributed by atoms with Gasteiger partial charge in [0, 0.05) is 5.69 Å². The molecule has 0 spiro atoms. The smallest absolute Gasteiger partial charge is 0.0472 e. The van der Waals surface area contributed by atoms with Crippen molar-refractivity contribution in [2.75, 3.05) is 4.72 Å². The molecule has 1 nitrogen and oxygen atoms in total. The van der Waals surface area contributed by atoms with E-state index < -0.39 is 0 Å². The Morgan fingerprint density at radius 1 is 1.27 bits per heavy atom. The van der Waals surface area contributed by atoms with Crippen molar-refractivity contribution in [1.29, 1.82) is 0 Å². The number of nitrogens with one attached hydrogen (secondary N) is 1. The zero-order valence-electron chi connectivity index (χ0n) is 6.83. The molecule has 1 rings (SSSR count). The van der Waals surface area contributed by atoms with Gasteiger partial charge in [-0.25, -0.2) is 0 Å². The first-order chi connectivity index (χ1) is 5.25. The lowest BCUT2D eigenvalue weighted by Crippen LogP contribution is -1.92. The van der Waals surface area contributed by atoms with Crippen LogP contribution in [0.2, 0.25) is 0 Å². The van der Waals surface area contributed by atoms with Gasteiger partial charge in [0.2, 0.25) is 0 Å². The monoisotopic (exact) mass is 167 g/mol. The molecule has 0 aromatic heterocycles. The molecule has 0 atom stereocenters. The van der Waals surface area contributed by atoms with Crippen molar-refractivity contribution in [3.63, 3.8) is 0 Å². The average molecular weight is 167 g/mol. The summed E-state index contributed by atoms with van der Waals surface area (Å²) < 4.78 is 2.87. The zero-order chi connectivity index (χ0) is 8.27. The van der Waals surface area contributed by atoms with Gasteiger partial charge in [0.25, 0.3) is 0 Å². The molecule has 11 heavy (non-hydrogen) atoms. The van der Waals surface area contributed by atoms with E-state index >= 15 is 0 Å². The third-order valence-corrected chi connectivity index (χ3v) is 1.94. The maximum atomic E-state index is 4.02. The summed E-state index contributed by atoms with van der Waals surface area (Å²) in [4.78, 5) is 0. The van der Waals surface area contributed by atoms with Crippen LogP contribution in [-0.4, -0.2) is 0 Å². The van der Waals surface area contributed by atoms with Gasteiger partial charge in [-0.15, -0.1) is 0 Å². The van der Waals surface area contributed by atoms with Crippen molar-refractivity contribution in [3.8, 4) is 0 Å². The van der Waals surface area contributed by atoms with E-state index in [0.29, 0.717) is 5.92 Å². The SMILES string of the molecule is CC(C)c1ccccc1NS. The second kappa shape index (κ2) is 3.67. The van der Waals surface area contributed by atoms with Crippen LogP contribution in [0.1, 0.15) is 25.3 Å². The van der Waals surface area contributed by atoms with Crippen molar-refractivity contribution in [2.24, 2.45) is 0 Å². The third kappa shape index (κ3) is 1.90. The normalized spacial score (nSPS) is 10.2. The lowest BCUT2D eigenvalue weighted by molar-refractivity contribution is 0.870. The summed E-state index contributed by atoms with van der Waals surface area (Å²) in [6, 6.07) is 8.19. The molecule has 0 bridgehead atoms. The maximum Gasteiger partial charge on any atom is 0.0472 e. The highest BCUT2D eigenvalue weighted by Crippen LogP contribution is 2.23. The molecule has 0 amide bonds. The standard InChI is InChI=1S/C9H13NS/c1-7(2)8-5-3-4-6-9(8)10-11/h3-7,10-11H,1-2H3. The topological polar surface area (TPSA) is 12.0 Å². The van der Waals surface area contributed by atoms with Crippen LogP contribution in [0.5, 0.6) is 0 Å². The minimum Gasteiger partial charge on any atom is -0.332 e. The molecule has 60 valence electrons. The molecule has 2 heteroatoms. The zero-order valence-corrected chi connectivity index (χ0v) is 7.73. The molecule has 0 aliphatic carbocycles. The number of hydrogen-bond acceptors (Lipinski definition) is 2. The van der Waals surface area contributed by atoms with Gasteiger partial charge in [-0.1, -0.05) is 44.9 Å². The van der Waals surface area contributed by atoms with Crippen molar-refractivity contribution in [2.45, 2.75) is 19.8 Å². The molecular formula is C9H13NS. The van der Waals surface area contributed by atoms with Gasteiger partial charge in [-0.05, 0) is 17.5 Å². The van der Waals surface area contributed by atoms with Crippen molar-refractivity contribution in [3.05, 3.63) is 29.8 Å². The maximum absolute atomic E-state index is 4.02. The van der Waals surface area contributed by atoms with E-state index in [-0.39, 0.29) is 0 Å². The fourth-order valence-corrected chi connectivity index (χ4v) is 1.31. The van der Waals surface area contributed by atoms with Crippen LogP contribution in [0.15, 0.2) is 24.3 Å². The molecule has 0 radical (unpaired) electrons. The highest BCUT2D eigenvalue weighted by atomic mass is 32.1. The molecule has 0 fully saturated rings. The summed E-state index contributed by atoms with van der Waals surface area (Å²) in [5.74, 6) is 0.547. The molecule has 0 aliphatic rings. The van der Waals surface area contributed by atoms with E-state index in [9.17, 15) is 0 Å². The highest BCUT2D eigenvalue weighted by molar-refractivity contribution is 7.81. The summed E-state index contributed by atoms with van der Waals surface area (Å²) in [5, 5.41) is 0. The van der Waals surface area contributed by atoms with E-state index in [4.69, 9.17) is 0 Å². The van der Waals surface area contributed by atoms with Crippen LogP contribution in [-0.2, 0) is 0 Å².